The number of hydrogen-bond acceptors (Lipinski definition) is 6. The molecule has 2 aromatic heterocycles. The summed E-state index contributed by atoms with van der Waals surface area (Å²) >= 11 is 0. The number of aromatic nitrogens is 3. The largest absolute Gasteiger partial charge is 0.367 e. The zero-order valence-electron chi connectivity index (χ0n) is 13.6. The van der Waals surface area contributed by atoms with Crippen molar-refractivity contribution in [2.24, 2.45) is 5.41 Å². The van der Waals surface area contributed by atoms with E-state index in [4.69, 9.17) is 0 Å². The second-order valence-corrected chi connectivity index (χ2v) is 6.10. The van der Waals surface area contributed by atoms with Gasteiger partial charge < -0.3 is 16.0 Å². The Bertz CT molecular complexity index is 621. The molecule has 0 aliphatic carbocycles. The Balaban J connectivity index is 1.76. The molecule has 2 aromatic rings. The molecule has 23 heavy (non-hydrogen) atoms. The lowest BCUT2D eigenvalue weighted by Gasteiger charge is -2.17. The van der Waals surface area contributed by atoms with E-state index < -0.39 is 0 Å². The second-order valence-electron chi connectivity index (χ2n) is 6.10. The van der Waals surface area contributed by atoms with Gasteiger partial charge in [0.15, 0.2) is 5.82 Å². The fourth-order valence-electron chi connectivity index (χ4n) is 1.71. The minimum atomic E-state index is -0.375. The van der Waals surface area contributed by atoms with Crippen LogP contribution in [0.4, 0.5) is 17.3 Å². The third kappa shape index (κ3) is 5.54. The highest BCUT2D eigenvalue weighted by Gasteiger charge is 2.20. The topological polar surface area (TPSA) is 91.8 Å². The van der Waals surface area contributed by atoms with Gasteiger partial charge in [-0.15, -0.1) is 10.2 Å². The van der Waals surface area contributed by atoms with Crippen molar-refractivity contribution in [3.05, 3.63) is 36.7 Å². The SMILES string of the molecule is CC(C)(C)C(=O)NCCNc1ccc(Nc2ccncc2)nn1. The number of anilines is 3. The lowest BCUT2D eigenvalue weighted by molar-refractivity contribution is -0.128. The summed E-state index contributed by atoms with van der Waals surface area (Å²) in [6.45, 7) is 6.78. The molecule has 0 unspecified atom stereocenters. The molecule has 0 saturated carbocycles. The maximum atomic E-state index is 11.7. The predicted octanol–water partition coefficient (Wildman–Crippen LogP) is 2.19. The summed E-state index contributed by atoms with van der Waals surface area (Å²) in [5.41, 5.74) is 0.528. The van der Waals surface area contributed by atoms with Gasteiger partial charge in [-0.3, -0.25) is 9.78 Å². The van der Waals surface area contributed by atoms with Gasteiger partial charge in [0.05, 0.1) is 0 Å². The van der Waals surface area contributed by atoms with E-state index in [9.17, 15) is 4.79 Å². The molecule has 0 aliphatic heterocycles. The van der Waals surface area contributed by atoms with Crippen molar-refractivity contribution < 1.29 is 4.79 Å². The normalized spacial score (nSPS) is 10.9. The molecular formula is C16H22N6O. The Morgan fingerprint density at radius 1 is 1.00 bits per heavy atom. The fraction of sp³-hybridized carbons (Fsp3) is 0.375. The number of hydrogen-bond donors (Lipinski definition) is 3. The molecule has 2 rings (SSSR count). The van der Waals surface area contributed by atoms with E-state index in [-0.39, 0.29) is 11.3 Å². The minimum absolute atomic E-state index is 0.0299. The van der Waals surface area contributed by atoms with Crippen LogP contribution in [0.25, 0.3) is 0 Å². The van der Waals surface area contributed by atoms with Gasteiger partial charge >= 0.3 is 0 Å². The molecule has 0 atom stereocenters. The average molecular weight is 314 g/mol. The molecule has 0 saturated heterocycles. The molecule has 7 heteroatoms. The van der Waals surface area contributed by atoms with Crippen LogP contribution >= 0.6 is 0 Å². The maximum Gasteiger partial charge on any atom is 0.225 e. The summed E-state index contributed by atoms with van der Waals surface area (Å²) in [6.07, 6.45) is 3.41. The van der Waals surface area contributed by atoms with Crippen LogP contribution in [0.15, 0.2) is 36.7 Å². The van der Waals surface area contributed by atoms with Gasteiger partial charge in [-0.1, -0.05) is 20.8 Å². The molecule has 0 bridgehead atoms. The van der Waals surface area contributed by atoms with Crippen molar-refractivity contribution in [3.63, 3.8) is 0 Å². The third-order valence-electron chi connectivity index (χ3n) is 3.02. The van der Waals surface area contributed by atoms with Crippen molar-refractivity contribution in [1.29, 1.82) is 0 Å². The van der Waals surface area contributed by atoms with Gasteiger partial charge in [0, 0.05) is 36.6 Å². The lowest BCUT2D eigenvalue weighted by Crippen LogP contribution is -2.37. The first kappa shape index (κ1) is 16.7. The van der Waals surface area contributed by atoms with Crippen LogP contribution in [0.5, 0.6) is 0 Å². The molecular weight excluding hydrogens is 292 g/mol. The zero-order valence-corrected chi connectivity index (χ0v) is 13.6. The van der Waals surface area contributed by atoms with Crippen molar-refractivity contribution in [1.82, 2.24) is 20.5 Å². The third-order valence-corrected chi connectivity index (χ3v) is 3.02. The van der Waals surface area contributed by atoms with Crippen LogP contribution in [0, 0.1) is 5.41 Å². The lowest BCUT2D eigenvalue weighted by atomic mass is 9.96. The number of carbonyl (C=O) groups is 1. The Hall–Kier alpha value is -2.70. The number of nitrogens with zero attached hydrogens (tertiary/aromatic N) is 3. The van der Waals surface area contributed by atoms with Crippen molar-refractivity contribution >= 4 is 23.2 Å². The highest BCUT2D eigenvalue weighted by molar-refractivity contribution is 5.81. The smallest absolute Gasteiger partial charge is 0.225 e. The molecule has 1 amide bonds. The van der Waals surface area contributed by atoms with Crippen molar-refractivity contribution in [2.45, 2.75) is 20.8 Å². The standard InChI is InChI=1S/C16H22N6O/c1-16(2,3)15(23)19-11-10-18-13-4-5-14(22-21-13)20-12-6-8-17-9-7-12/h4-9H,10-11H2,1-3H3,(H,18,21)(H,19,23)(H,17,20,22). The summed E-state index contributed by atoms with van der Waals surface area (Å²) in [6, 6.07) is 7.38. The summed E-state index contributed by atoms with van der Waals surface area (Å²) < 4.78 is 0. The maximum absolute atomic E-state index is 11.7. The highest BCUT2D eigenvalue weighted by atomic mass is 16.2. The number of amides is 1. The Labute approximate surface area is 135 Å². The predicted molar refractivity (Wildman–Crippen MR) is 90.5 cm³/mol. The number of nitrogens with one attached hydrogen (secondary N) is 3. The summed E-state index contributed by atoms with van der Waals surface area (Å²) in [4.78, 5) is 15.7. The van der Waals surface area contributed by atoms with Gasteiger partial charge in [0.25, 0.3) is 0 Å². The van der Waals surface area contributed by atoms with Crippen LogP contribution < -0.4 is 16.0 Å². The van der Waals surface area contributed by atoms with Gasteiger partial charge in [0.2, 0.25) is 5.91 Å². The Morgan fingerprint density at radius 2 is 1.65 bits per heavy atom. The molecule has 0 radical (unpaired) electrons. The molecule has 0 fully saturated rings. The first-order chi connectivity index (χ1) is 10.9. The zero-order chi connectivity index (χ0) is 16.7. The van der Waals surface area contributed by atoms with Gasteiger partial charge in [-0.25, -0.2) is 0 Å². The quantitative estimate of drug-likeness (QED) is 0.708. The van der Waals surface area contributed by atoms with Crippen LogP contribution in [0.2, 0.25) is 0 Å². The van der Waals surface area contributed by atoms with E-state index in [0.29, 0.717) is 24.7 Å². The summed E-state index contributed by atoms with van der Waals surface area (Å²) in [5.74, 6) is 1.35. The number of pyridine rings is 1. The molecule has 122 valence electrons. The summed E-state index contributed by atoms with van der Waals surface area (Å²) in [5, 5.41) is 17.3. The van der Waals surface area contributed by atoms with E-state index in [0.717, 1.165) is 5.69 Å². The molecule has 0 spiro atoms. The first-order valence-electron chi connectivity index (χ1n) is 7.48. The second kappa shape index (κ2) is 7.53. The van der Waals surface area contributed by atoms with Crippen molar-refractivity contribution in [3.8, 4) is 0 Å². The van der Waals surface area contributed by atoms with E-state index in [1.54, 1.807) is 12.4 Å². The number of rotatable bonds is 6. The van der Waals surface area contributed by atoms with Crippen LogP contribution in [0.1, 0.15) is 20.8 Å². The Morgan fingerprint density at radius 3 is 2.26 bits per heavy atom. The minimum Gasteiger partial charge on any atom is -0.367 e. The monoisotopic (exact) mass is 314 g/mol. The molecule has 7 nitrogen and oxygen atoms in total. The van der Waals surface area contributed by atoms with Crippen LogP contribution in [0.3, 0.4) is 0 Å². The van der Waals surface area contributed by atoms with E-state index >= 15 is 0 Å². The molecule has 3 N–H and O–H groups in total. The highest BCUT2D eigenvalue weighted by Crippen LogP contribution is 2.13. The Kier molecular flexibility index (Phi) is 5.46. The van der Waals surface area contributed by atoms with Crippen LogP contribution in [-0.4, -0.2) is 34.2 Å². The van der Waals surface area contributed by atoms with Crippen molar-refractivity contribution in [2.75, 3.05) is 23.7 Å². The van der Waals surface area contributed by atoms with Crippen LogP contribution in [-0.2, 0) is 4.79 Å². The molecule has 0 aromatic carbocycles. The first-order valence-corrected chi connectivity index (χ1v) is 7.48. The fourth-order valence-corrected chi connectivity index (χ4v) is 1.71. The molecule has 2 heterocycles. The van der Waals surface area contributed by atoms with Gasteiger partial charge in [0.1, 0.15) is 5.82 Å². The van der Waals surface area contributed by atoms with E-state index in [1.165, 1.54) is 0 Å². The van der Waals surface area contributed by atoms with Gasteiger partial charge in [-0.05, 0) is 24.3 Å². The average Bonchev–Trinajstić information content (AvgIpc) is 2.53. The summed E-state index contributed by atoms with van der Waals surface area (Å²) in [7, 11) is 0. The molecule has 0 aliphatic rings. The van der Waals surface area contributed by atoms with Gasteiger partial charge in [-0.2, -0.15) is 0 Å². The number of carbonyl (C=O) groups excluding carboxylic acids is 1. The van der Waals surface area contributed by atoms with E-state index in [1.807, 2.05) is 45.0 Å². The van der Waals surface area contributed by atoms with E-state index in [2.05, 4.69) is 31.1 Å².